The average molecular weight is 406 g/mol. The van der Waals surface area contributed by atoms with E-state index in [0.29, 0.717) is 24.4 Å². The first-order valence-electron chi connectivity index (χ1n) is 10.5. The van der Waals surface area contributed by atoms with Crippen LogP contribution in [0.4, 0.5) is 0 Å². The predicted octanol–water partition coefficient (Wildman–Crippen LogP) is 2.89. The lowest BCUT2D eigenvalue weighted by Gasteiger charge is -2.20. The number of carbonyl (C=O) groups excluding carboxylic acids is 1. The molecule has 0 aliphatic carbocycles. The van der Waals surface area contributed by atoms with Crippen molar-refractivity contribution in [2.45, 2.75) is 46.4 Å². The van der Waals surface area contributed by atoms with Crippen molar-refractivity contribution in [2.75, 3.05) is 20.1 Å². The van der Waals surface area contributed by atoms with Crippen LogP contribution in [0.2, 0.25) is 0 Å². The predicted molar refractivity (Wildman–Crippen MR) is 114 cm³/mol. The van der Waals surface area contributed by atoms with Gasteiger partial charge in [0.2, 0.25) is 0 Å². The molecule has 2 aromatic heterocycles. The number of amides is 1. The monoisotopic (exact) mass is 405 g/mol. The lowest BCUT2D eigenvalue weighted by molar-refractivity contribution is 0.0742. The van der Waals surface area contributed by atoms with Gasteiger partial charge in [-0.25, -0.2) is 9.50 Å². The van der Waals surface area contributed by atoms with E-state index in [-0.39, 0.29) is 12.0 Å². The summed E-state index contributed by atoms with van der Waals surface area (Å²) in [4.78, 5) is 22.2. The molecular weight excluding hydrogens is 378 g/mol. The van der Waals surface area contributed by atoms with E-state index in [1.807, 2.05) is 40.6 Å². The molecule has 7 nitrogen and oxygen atoms in total. The van der Waals surface area contributed by atoms with Crippen LogP contribution in [0, 0.1) is 20.8 Å². The first-order valence-corrected chi connectivity index (χ1v) is 10.5. The van der Waals surface area contributed by atoms with E-state index in [9.17, 15) is 4.79 Å². The van der Waals surface area contributed by atoms with Crippen molar-refractivity contribution in [3.8, 4) is 5.75 Å². The third kappa shape index (κ3) is 3.04. The van der Waals surface area contributed by atoms with Crippen LogP contribution in [0.25, 0.3) is 5.65 Å². The van der Waals surface area contributed by atoms with E-state index in [2.05, 4.69) is 25.8 Å². The van der Waals surface area contributed by atoms with Crippen molar-refractivity contribution in [1.82, 2.24) is 24.4 Å². The molecule has 1 unspecified atom stereocenters. The zero-order valence-electron chi connectivity index (χ0n) is 18.0. The van der Waals surface area contributed by atoms with E-state index in [4.69, 9.17) is 14.8 Å². The summed E-state index contributed by atoms with van der Waals surface area (Å²) >= 11 is 0. The minimum atomic E-state index is -0.0198. The van der Waals surface area contributed by atoms with Gasteiger partial charge >= 0.3 is 0 Å². The summed E-state index contributed by atoms with van der Waals surface area (Å²) in [7, 11) is 2.09. The molecule has 0 radical (unpaired) electrons. The molecule has 0 spiro atoms. The first kappa shape index (κ1) is 19.1. The van der Waals surface area contributed by atoms with Gasteiger partial charge in [-0.05, 0) is 51.9 Å². The molecule has 1 saturated heterocycles. The summed E-state index contributed by atoms with van der Waals surface area (Å²) in [5, 5.41) is 4.76. The molecule has 156 valence electrons. The van der Waals surface area contributed by atoms with E-state index < -0.39 is 0 Å². The Balaban J connectivity index is 1.41. The molecule has 2 aliphatic heterocycles. The van der Waals surface area contributed by atoms with Crippen molar-refractivity contribution in [3.05, 3.63) is 58.0 Å². The Kier molecular flexibility index (Phi) is 4.50. The summed E-state index contributed by atoms with van der Waals surface area (Å²) in [5.74, 6) is 0.649. The van der Waals surface area contributed by atoms with Gasteiger partial charge in [0.25, 0.3) is 5.91 Å². The van der Waals surface area contributed by atoms with Gasteiger partial charge in [0.15, 0.2) is 5.65 Å². The highest BCUT2D eigenvalue weighted by atomic mass is 16.5. The van der Waals surface area contributed by atoms with Crippen LogP contribution in [-0.2, 0) is 13.1 Å². The Morgan fingerprint density at radius 2 is 1.97 bits per heavy atom. The Morgan fingerprint density at radius 3 is 2.73 bits per heavy atom. The van der Waals surface area contributed by atoms with Crippen LogP contribution in [0.1, 0.15) is 45.0 Å². The maximum absolute atomic E-state index is 13.4. The third-order valence-electron chi connectivity index (χ3n) is 6.45. The average Bonchev–Trinajstić information content (AvgIpc) is 3.42. The van der Waals surface area contributed by atoms with Gasteiger partial charge in [0.05, 0.1) is 24.3 Å². The van der Waals surface area contributed by atoms with Crippen molar-refractivity contribution in [3.63, 3.8) is 0 Å². The van der Waals surface area contributed by atoms with E-state index in [0.717, 1.165) is 53.4 Å². The Hall–Kier alpha value is -2.93. The minimum Gasteiger partial charge on any atom is -0.488 e. The zero-order chi connectivity index (χ0) is 21.0. The number of ether oxygens (including phenoxy) is 1. The fraction of sp³-hybridized carbons (Fsp3) is 0.435. The van der Waals surface area contributed by atoms with Gasteiger partial charge in [-0.3, -0.25) is 4.79 Å². The van der Waals surface area contributed by atoms with E-state index in [1.165, 1.54) is 0 Å². The maximum atomic E-state index is 13.4. The van der Waals surface area contributed by atoms with Crippen molar-refractivity contribution < 1.29 is 9.53 Å². The van der Waals surface area contributed by atoms with Crippen molar-refractivity contribution >= 4 is 11.6 Å². The Labute approximate surface area is 176 Å². The molecule has 0 saturated carbocycles. The molecule has 1 fully saturated rings. The van der Waals surface area contributed by atoms with Crippen LogP contribution in [0.5, 0.6) is 5.75 Å². The lowest BCUT2D eigenvalue weighted by Crippen LogP contribution is -2.28. The van der Waals surface area contributed by atoms with Gasteiger partial charge in [-0.15, -0.1) is 0 Å². The zero-order valence-corrected chi connectivity index (χ0v) is 18.0. The largest absolute Gasteiger partial charge is 0.488 e. The molecule has 4 heterocycles. The number of fused-ring (bicyclic) bond motifs is 3. The second-order valence-corrected chi connectivity index (χ2v) is 8.52. The number of rotatable bonds is 3. The third-order valence-corrected chi connectivity index (χ3v) is 6.45. The number of hydrogen-bond acceptors (Lipinski definition) is 5. The molecule has 5 rings (SSSR count). The fourth-order valence-electron chi connectivity index (χ4n) is 4.44. The Bertz CT molecular complexity index is 1150. The van der Waals surface area contributed by atoms with Gasteiger partial charge in [0, 0.05) is 30.0 Å². The van der Waals surface area contributed by atoms with Crippen molar-refractivity contribution in [2.24, 2.45) is 0 Å². The Morgan fingerprint density at radius 1 is 1.17 bits per heavy atom. The SMILES string of the molecule is Cc1nc2c3c(nn2c(C)c1C)CN(C(=O)c1ccccc1OC1CCN(C)C1)C3. The maximum Gasteiger partial charge on any atom is 0.258 e. The minimum absolute atomic E-state index is 0.0198. The number of carbonyl (C=O) groups is 1. The number of nitrogens with zero attached hydrogens (tertiary/aromatic N) is 5. The van der Waals surface area contributed by atoms with Crippen molar-refractivity contribution in [1.29, 1.82) is 0 Å². The van der Waals surface area contributed by atoms with Gasteiger partial charge < -0.3 is 14.5 Å². The quantitative estimate of drug-likeness (QED) is 0.671. The second-order valence-electron chi connectivity index (χ2n) is 8.52. The second kappa shape index (κ2) is 7.09. The van der Waals surface area contributed by atoms with Crippen LogP contribution in [0.15, 0.2) is 24.3 Å². The molecule has 2 aliphatic rings. The standard InChI is InChI=1S/C23H27N5O2/c1-14-15(2)24-22-19-12-27(13-20(19)25-28(22)16(14)3)23(29)18-7-5-6-8-21(18)30-17-9-10-26(4)11-17/h5-8,17H,9-13H2,1-4H3. The highest BCUT2D eigenvalue weighted by Gasteiger charge is 2.32. The summed E-state index contributed by atoms with van der Waals surface area (Å²) in [6.07, 6.45) is 1.11. The van der Waals surface area contributed by atoms with Crippen LogP contribution < -0.4 is 4.74 Å². The number of likely N-dealkylation sites (N-methyl/N-ethyl adjacent to an activating group) is 1. The number of aromatic nitrogens is 3. The van der Waals surface area contributed by atoms with Gasteiger partial charge in [-0.1, -0.05) is 12.1 Å². The number of aryl methyl sites for hydroxylation is 2. The molecule has 0 bridgehead atoms. The molecule has 30 heavy (non-hydrogen) atoms. The topological polar surface area (TPSA) is 63.0 Å². The van der Waals surface area contributed by atoms with Gasteiger partial charge in [0.1, 0.15) is 11.9 Å². The molecular formula is C23H27N5O2. The summed E-state index contributed by atoms with van der Waals surface area (Å²) in [6, 6.07) is 7.57. The molecule has 1 amide bonds. The molecule has 7 heteroatoms. The van der Waals surface area contributed by atoms with Crippen LogP contribution in [-0.4, -0.2) is 56.5 Å². The first-order chi connectivity index (χ1) is 14.4. The molecule has 1 atom stereocenters. The summed E-state index contributed by atoms with van der Waals surface area (Å²) < 4.78 is 8.13. The van der Waals surface area contributed by atoms with Crippen LogP contribution >= 0.6 is 0 Å². The number of hydrogen-bond donors (Lipinski definition) is 0. The number of likely N-dealkylation sites (tertiary alicyclic amines) is 1. The van der Waals surface area contributed by atoms with Gasteiger partial charge in [-0.2, -0.15) is 5.10 Å². The summed E-state index contributed by atoms with van der Waals surface area (Å²) in [5.41, 5.74) is 6.72. The highest BCUT2D eigenvalue weighted by Crippen LogP contribution is 2.31. The lowest BCUT2D eigenvalue weighted by atomic mass is 10.1. The molecule has 1 aromatic carbocycles. The number of benzene rings is 1. The smallest absolute Gasteiger partial charge is 0.258 e. The fourth-order valence-corrected chi connectivity index (χ4v) is 4.44. The van der Waals surface area contributed by atoms with Crippen LogP contribution in [0.3, 0.4) is 0 Å². The highest BCUT2D eigenvalue weighted by molar-refractivity contribution is 5.97. The van der Waals surface area contributed by atoms with E-state index >= 15 is 0 Å². The summed E-state index contributed by atoms with van der Waals surface area (Å²) in [6.45, 7) is 9.08. The number of para-hydroxylation sites is 1. The normalized spacial score (nSPS) is 18.9. The van der Waals surface area contributed by atoms with E-state index in [1.54, 1.807) is 0 Å². The molecule has 0 N–H and O–H groups in total. The molecule has 3 aromatic rings.